The maximum atomic E-state index is 2.31. The van der Waals surface area contributed by atoms with Crippen molar-refractivity contribution < 1.29 is 0 Å². The van der Waals surface area contributed by atoms with Gasteiger partial charge in [-0.3, -0.25) is 0 Å². The molecule has 0 aromatic carbocycles. The lowest BCUT2D eigenvalue weighted by molar-refractivity contribution is 0.606. The molecule has 1 aliphatic rings. The van der Waals surface area contributed by atoms with Crippen molar-refractivity contribution in [3.8, 4) is 0 Å². The average molecular weight is 152 g/mol. The largest absolute Gasteiger partial charge is 0.0840 e. The Bertz CT molecular complexity index is 140. The van der Waals surface area contributed by atoms with Crippen molar-refractivity contribution in [1.82, 2.24) is 0 Å². The molecule has 1 rings (SSSR count). The van der Waals surface area contributed by atoms with Crippen LogP contribution in [0.4, 0.5) is 0 Å². The fraction of sp³-hybridized carbons (Fsp3) is 0.636. The third-order valence-corrected chi connectivity index (χ3v) is 1.76. The Morgan fingerprint density at radius 1 is 1.27 bits per heavy atom. The fourth-order valence-corrected chi connectivity index (χ4v) is 1.04. The number of allylic oxidation sites excluding steroid dienone is 4. The van der Waals surface area contributed by atoms with E-state index in [4.69, 9.17) is 0 Å². The molecule has 1 aliphatic carbocycles. The molecular formula is C11H20. The summed E-state index contributed by atoms with van der Waals surface area (Å²) in [6, 6.07) is 0. The van der Waals surface area contributed by atoms with E-state index in [1.54, 1.807) is 0 Å². The molecule has 0 spiro atoms. The van der Waals surface area contributed by atoms with Crippen LogP contribution in [0.15, 0.2) is 23.8 Å². The van der Waals surface area contributed by atoms with Gasteiger partial charge in [0.25, 0.3) is 0 Å². The molecule has 0 heterocycles. The summed E-state index contributed by atoms with van der Waals surface area (Å²) in [7, 11) is 0. The minimum atomic E-state index is 0.846. The van der Waals surface area contributed by atoms with Crippen LogP contribution in [-0.4, -0.2) is 0 Å². The van der Waals surface area contributed by atoms with Crippen LogP contribution in [0.1, 0.15) is 40.5 Å². The van der Waals surface area contributed by atoms with Gasteiger partial charge in [0.15, 0.2) is 0 Å². The Morgan fingerprint density at radius 3 is 2.55 bits per heavy atom. The lowest BCUT2D eigenvalue weighted by atomic mass is 10.1. The first-order chi connectivity index (χ1) is 5.29. The molecule has 11 heavy (non-hydrogen) atoms. The van der Waals surface area contributed by atoms with E-state index in [0.717, 1.165) is 5.92 Å². The van der Waals surface area contributed by atoms with Crippen molar-refractivity contribution in [3.05, 3.63) is 23.8 Å². The van der Waals surface area contributed by atoms with Gasteiger partial charge >= 0.3 is 0 Å². The summed E-state index contributed by atoms with van der Waals surface area (Å²) in [5, 5.41) is 0. The fourth-order valence-electron chi connectivity index (χ4n) is 1.04. The zero-order chi connectivity index (χ0) is 8.69. The average Bonchev–Trinajstić information content (AvgIpc) is 2.20. The summed E-state index contributed by atoms with van der Waals surface area (Å²) in [4.78, 5) is 0. The summed E-state index contributed by atoms with van der Waals surface area (Å²) in [5.41, 5.74) is 1.42. The van der Waals surface area contributed by atoms with Gasteiger partial charge in [0.05, 0.1) is 0 Å². The summed E-state index contributed by atoms with van der Waals surface area (Å²) >= 11 is 0. The van der Waals surface area contributed by atoms with Gasteiger partial charge in [0, 0.05) is 0 Å². The highest BCUT2D eigenvalue weighted by Gasteiger charge is 1.99. The van der Waals surface area contributed by atoms with E-state index < -0.39 is 0 Å². The SMILES string of the molecule is CC.CC1=CC[C@H](C)CC=C1. The molecule has 0 radical (unpaired) electrons. The van der Waals surface area contributed by atoms with Crippen LogP contribution in [-0.2, 0) is 0 Å². The number of rotatable bonds is 0. The molecule has 0 nitrogen and oxygen atoms in total. The van der Waals surface area contributed by atoms with Crippen LogP contribution >= 0.6 is 0 Å². The summed E-state index contributed by atoms with van der Waals surface area (Å²) < 4.78 is 0. The molecule has 0 aromatic rings. The lowest BCUT2D eigenvalue weighted by Gasteiger charge is -2.00. The van der Waals surface area contributed by atoms with Gasteiger partial charge in [0.1, 0.15) is 0 Å². The predicted molar refractivity (Wildman–Crippen MR) is 52.6 cm³/mol. The van der Waals surface area contributed by atoms with Gasteiger partial charge in [0.2, 0.25) is 0 Å². The highest BCUT2D eigenvalue weighted by atomic mass is 14.0. The number of hydrogen-bond acceptors (Lipinski definition) is 0. The van der Waals surface area contributed by atoms with Crippen LogP contribution in [0.5, 0.6) is 0 Å². The second-order valence-electron chi connectivity index (χ2n) is 2.93. The van der Waals surface area contributed by atoms with Crippen molar-refractivity contribution in [3.63, 3.8) is 0 Å². The van der Waals surface area contributed by atoms with Gasteiger partial charge in [-0.2, -0.15) is 0 Å². The maximum absolute atomic E-state index is 2.31. The first-order valence-corrected chi connectivity index (χ1v) is 4.62. The third kappa shape index (κ3) is 4.83. The molecule has 64 valence electrons. The zero-order valence-corrected chi connectivity index (χ0v) is 8.22. The van der Waals surface area contributed by atoms with Crippen molar-refractivity contribution in [2.75, 3.05) is 0 Å². The van der Waals surface area contributed by atoms with E-state index in [2.05, 4.69) is 32.1 Å². The second-order valence-corrected chi connectivity index (χ2v) is 2.93. The van der Waals surface area contributed by atoms with Gasteiger partial charge in [-0.05, 0) is 25.7 Å². The van der Waals surface area contributed by atoms with Crippen molar-refractivity contribution in [2.24, 2.45) is 5.92 Å². The molecule has 1 atom stereocenters. The molecular weight excluding hydrogens is 132 g/mol. The summed E-state index contributed by atoms with van der Waals surface area (Å²) in [6.45, 7) is 8.45. The molecule has 0 amide bonds. The molecule has 0 unspecified atom stereocenters. The van der Waals surface area contributed by atoms with E-state index in [1.807, 2.05) is 13.8 Å². The molecule has 0 saturated heterocycles. The topological polar surface area (TPSA) is 0 Å². The van der Waals surface area contributed by atoms with E-state index in [-0.39, 0.29) is 0 Å². The van der Waals surface area contributed by atoms with Crippen LogP contribution in [0.2, 0.25) is 0 Å². The minimum absolute atomic E-state index is 0.846. The van der Waals surface area contributed by atoms with Crippen molar-refractivity contribution >= 4 is 0 Å². The Morgan fingerprint density at radius 2 is 1.91 bits per heavy atom. The van der Waals surface area contributed by atoms with Crippen LogP contribution in [0.3, 0.4) is 0 Å². The molecule has 0 bridgehead atoms. The Kier molecular flexibility index (Phi) is 5.91. The van der Waals surface area contributed by atoms with Gasteiger partial charge in [-0.15, -0.1) is 0 Å². The minimum Gasteiger partial charge on any atom is -0.0840 e. The smallest absolute Gasteiger partial charge is 0.0316 e. The van der Waals surface area contributed by atoms with Gasteiger partial charge in [-0.25, -0.2) is 0 Å². The van der Waals surface area contributed by atoms with E-state index in [0.29, 0.717) is 0 Å². The molecule has 0 fully saturated rings. The molecule has 0 aliphatic heterocycles. The first kappa shape index (κ1) is 10.5. The van der Waals surface area contributed by atoms with Crippen LogP contribution in [0, 0.1) is 5.92 Å². The number of hydrogen-bond donors (Lipinski definition) is 0. The monoisotopic (exact) mass is 152 g/mol. The molecule has 0 saturated carbocycles. The summed E-state index contributed by atoms with van der Waals surface area (Å²) in [6.07, 6.45) is 9.29. The Labute approximate surface area is 71.0 Å². The quantitative estimate of drug-likeness (QED) is 0.493. The highest BCUT2D eigenvalue weighted by molar-refractivity contribution is 5.17. The van der Waals surface area contributed by atoms with Crippen molar-refractivity contribution in [1.29, 1.82) is 0 Å². The first-order valence-electron chi connectivity index (χ1n) is 4.62. The predicted octanol–water partition coefficient (Wildman–Crippen LogP) is 3.95. The lowest BCUT2D eigenvalue weighted by Crippen LogP contribution is -1.86. The van der Waals surface area contributed by atoms with E-state index in [1.165, 1.54) is 18.4 Å². The van der Waals surface area contributed by atoms with Gasteiger partial charge in [-0.1, -0.05) is 44.6 Å². The normalized spacial score (nSPS) is 22.9. The molecule has 0 aromatic heterocycles. The molecule has 0 heteroatoms. The third-order valence-electron chi connectivity index (χ3n) is 1.76. The van der Waals surface area contributed by atoms with Crippen molar-refractivity contribution in [2.45, 2.75) is 40.5 Å². The second kappa shape index (κ2) is 6.21. The molecule has 0 N–H and O–H groups in total. The summed E-state index contributed by atoms with van der Waals surface area (Å²) in [5.74, 6) is 0.846. The van der Waals surface area contributed by atoms with E-state index >= 15 is 0 Å². The Hall–Kier alpha value is -0.520. The highest BCUT2D eigenvalue weighted by Crippen LogP contribution is 2.15. The van der Waals surface area contributed by atoms with Gasteiger partial charge < -0.3 is 0 Å². The van der Waals surface area contributed by atoms with Crippen LogP contribution < -0.4 is 0 Å². The Balaban J connectivity index is 0.000000461. The standard InChI is InChI=1S/C9H14.C2H6/c1-8-4-3-5-9(2)7-6-8;1-2/h3-4,6,9H,5,7H2,1-2H3;1-2H3/t9-;/m1./s1. The zero-order valence-electron chi connectivity index (χ0n) is 8.22. The van der Waals surface area contributed by atoms with Crippen LogP contribution in [0.25, 0.3) is 0 Å². The van der Waals surface area contributed by atoms with E-state index in [9.17, 15) is 0 Å². The maximum Gasteiger partial charge on any atom is -0.0316 e.